The summed E-state index contributed by atoms with van der Waals surface area (Å²) >= 11 is 48.0. The monoisotopic (exact) mass is 1830 g/mol. The Labute approximate surface area is 808 Å². The van der Waals surface area contributed by atoms with Crippen LogP contribution in [0.5, 0.6) is 0 Å². The van der Waals surface area contributed by atoms with Crippen LogP contribution in [0.25, 0.3) is 0 Å². The van der Waals surface area contributed by atoms with Crippen LogP contribution >= 0.6 is 92.8 Å². The van der Waals surface area contributed by atoms with E-state index in [1.807, 2.05) is 0 Å². The molecule has 8 aromatic rings. The number of rotatable bonds is 8. The molecule has 0 amide bonds. The maximum absolute atomic E-state index is 12.6. The van der Waals surface area contributed by atoms with Crippen LogP contribution in [0.3, 0.4) is 0 Å². The van der Waals surface area contributed by atoms with Crippen molar-refractivity contribution >= 4 is 139 Å². The van der Waals surface area contributed by atoms with Gasteiger partial charge in [-0.05, 0) is 195 Å². The molecule has 0 aromatic heterocycles. The summed E-state index contributed by atoms with van der Waals surface area (Å²) in [5.41, 5.74) is 29.9. The molecule has 16 nitrogen and oxygen atoms in total. The van der Waals surface area contributed by atoms with E-state index in [4.69, 9.17) is 199 Å². The first-order valence-corrected chi connectivity index (χ1v) is 39.4. The van der Waals surface area contributed by atoms with E-state index in [1.165, 1.54) is 115 Å². The number of carbonyl (C=O) groups excluding carboxylic acids is 8. The van der Waals surface area contributed by atoms with Crippen molar-refractivity contribution in [3.63, 3.8) is 0 Å². The molecule has 8 fully saturated rings. The van der Waals surface area contributed by atoms with E-state index in [1.54, 1.807) is 54.6 Å². The molecule has 0 aliphatic heterocycles. The molecule has 120 heavy (non-hydrogen) atoms. The summed E-state index contributed by atoms with van der Waals surface area (Å²) in [5, 5.41) is 0.150. The Balaban J connectivity index is 0.000000206. The molecule has 8 aliphatic rings. The lowest BCUT2D eigenvalue weighted by Gasteiger charge is -2.32. The van der Waals surface area contributed by atoms with E-state index in [0.29, 0.717) is 6.42 Å². The summed E-state index contributed by atoms with van der Waals surface area (Å²) in [6.45, 7) is 0. The Bertz CT molecular complexity index is 7090. The molecule has 8 aromatic carbocycles. The van der Waals surface area contributed by atoms with Gasteiger partial charge in [0.15, 0.2) is 46.3 Å². The van der Waals surface area contributed by atoms with E-state index < -0.39 is 274 Å². The summed E-state index contributed by atoms with van der Waals surface area (Å²) in [6.07, 6.45) is -56.7. The second-order valence-corrected chi connectivity index (χ2v) is 30.2. The number of nitrogens with two attached hydrogens (primary N) is 8. The topological polar surface area (TPSA) is 345 Å². The smallest absolute Gasteiger partial charge is 0.157 e. The SMILES string of the molecule is [2H]C1([2H])C(=O)C(N)(c2ccccc2Cl)C([2H])([2H])C([2H])([2H])C1([2H])[2H].[2H]C1([2H])CC(=O)C(N)(c2ccccc2Cl)C([2H])([2H])C1.[2H]C1([2H])CC(=O)C(N)(c2ccccc2Cl)C([2H])([2H])C1([2H])[2H].[2H]C1([2H])CC([2H])([2H])C(N)(c2ccccc2Cl)C(=O)C1([2H])[2H].[2H]C1([2H])CC([2H])([2H])C([2H])([2H])C(N)(c2ccccc2Cl)C1=O.[2H]C1([2H])CCC(=O)C(N)(c2ccccc2Cl)C1([2H])[2H].[2H]C1([2H])CCC([2H])([2H])C(N)(c2ccccc2Cl)C1=O.[2H]c1c([2H])c([2H])c(C2(N)CCCC([2H])([2H])C2=O)c(Cl)c1[2H]. The van der Waals surface area contributed by atoms with Gasteiger partial charge in [-0.25, -0.2) is 0 Å². The summed E-state index contributed by atoms with van der Waals surface area (Å²) in [4.78, 5) is 99.1. The standard InChI is InChI=1S/8C12H14ClNO/c8*13-10-6-2-1-5-9(10)12(14)8-4-3-7-11(12)15/h8*1-2,5-6H,3-4,7-8,14H2/i1D,2D,5D,6D,7D2;3D2,4D2,7D2,8D2;4D2,7D2,8D2;3D2,7D2,8D2;3D2,4D2,8D2;7D2,8D2;4D2,8D2;3D2,8D2. The van der Waals surface area contributed by atoms with Gasteiger partial charge >= 0.3 is 0 Å². The number of ketones is 8. The van der Waals surface area contributed by atoms with Gasteiger partial charge in [0, 0.05) is 146 Å². The van der Waals surface area contributed by atoms with Crippen LogP contribution in [0.15, 0.2) is 194 Å². The fraction of sp³-hybridized carbons (Fsp3) is 0.417. The Hall–Kier alpha value is -6.88. The highest BCUT2D eigenvalue weighted by Gasteiger charge is 2.46. The molecule has 16 N–H and O–H groups in total. The summed E-state index contributed by atoms with van der Waals surface area (Å²) in [6, 6.07) is 39.7. The Morgan fingerprint density at radius 2 is 0.500 bits per heavy atom. The lowest BCUT2D eigenvalue weighted by atomic mass is 9.76. The van der Waals surface area contributed by atoms with Crippen molar-refractivity contribution in [1.29, 1.82) is 0 Å². The van der Waals surface area contributed by atoms with Crippen LogP contribution in [0.2, 0.25) is 40.2 Å². The predicted octanol–water partition coefficient (Wildman–Crippen LogP) is 21.1. The Kier molecular flexibility index (Phi) is 19.2. The lowest BCUT2D eigenvalue weighted by molar-refractivity contribution is -0.127. The minimum absolute atomic E-state index is 0.00859. The molecule has 0 radical (unpaired) electrons. The number of Topliss-reactive ketones (excluding diaryl/α,β-unsaturated/α-hetero) is 8. The maximum Gasteiger partial charge on any atom is 0.157 e. The molecule has 8 aliphatic carbocycles. The van der Waals surface area contributed by atoms with Crippen LogP contribution in [-0.2, 0) is 82.7 Å². The fourth-order valence-electron chi connectivity index (χ4n) is 12.4. The molecule has 0 saturated heterocycles. The Morgan fingerprint density at radius 3 is 0.908 bits per heavy atom. The fourth-order valence-corrected chi connectivity index (χ4v) is 14.7. The van der Waals surface area contributed by atoms with Crippen LogP contribution in [0.1, 0.15) is 309 Å². The summed E-state index contributed by atoms with van der Waals surface area (Å²) in [5.74, 6) is -8.10. The molecule has 0 spiro atoms. The third kappa shape index (κ3) is 23.2. The number of carbonyl (C=O) groups is 8. The maximum atomic E-state index is 12.6. The van der Waals surface area contributed by atoms with Gasteiger partial charge in [-0.15, -0.1) is 0 Å². The molecule has 8 saturated carbocycles. The van der Waals surface area contributed by atoms with Crippen LogP contribution in [0, 0.1) is 0 Å². The predicted molar refractivity (Wildman–Crippen MR) is 486 cm³/mol. The van der Waals surface area contributed by atoms with Gasteiger partial charge in [0.2, 0.25) is 0 Å². The average molecular weight is 1830 g/mol. The van der Waals surface area contributed by atoms with Crippen molar-refractivity contribution in [2.24, 2.45) is 45.9 Å². The second kappa shape index (κ2) is 44.1. The first kappa shape index (κ1) is 52.2. The van der Waals surface area contributed by atoms with E-state index in [9.17, 15) is 38.4 Å². The highest BCUT2D eigenvalue weighted by molar-refractivity contribution is 6.34. The molecule has 8 unspecified atom stereocenters. The normalized spacial score (nSPS) is 40.5. The quantitative estimate of drug-likeness (QED) is 0.0701. The molecule has 0 bridgehead atoms. The van der Waals surface area contributed by atoms with E-state index in [0.717, 1.165) is 0 Å². The van der Waals surface area contributed by atoms with E-state index >= 15 is 0 Å². The summed E-state index contributed by atoms with van der Waals surface area (Å²) < 4.78 is 345. The minimum Gasteiger partial charge on any atom is -0.315 e. The molecule has 24 heteroatoms. The van der Waals surface area contributed by atoms with Gasteiger partial charge in [0.25, 0.3) is 0 Å². The first-order chi connectivity index (χ1) is 73.7. The second-order valence-electron chi connectivity index (χ2n) is 27.0. The number of hydrogen-bond acceptors (Lipinski definition) is 16. The lowest BCUT2D eigenvalue weighted by Crippen LogP contribution is -2.47. The molecule has 0 heterocycles. The van der Waals surface area contributed by atoms with Crippen molar-refractivity contribution in [3.8, 4) is 0 Å². The third-order valence-corrected chi connectivity index (χ3v) is 21.7. The highest BCUT2D eigenvalue weighted by atomic mass is 35.5. The van der Waals surface area contributed by atoms with Crippen molar-refractivity contribution < 1.29 is 98.7 Å². The number of benzene rings is 8. The van der Waals surface area contributed by atoms with Gasteiger partial charge in [0.05, 0.1) is 5.48 Å². The van der Waals surface area contributed by atoms with Crippen molar-refractivity contribution in [2.75, 3.05) is 0 Å². The van der Waals surface area contributed by atoms with E-state index in [-0.39, 0.29) is 123 Å². The molecule has 16 rings (SSSR count). The van der Waals surface area contributed by atoms with Gasteiger partial charge < -0.3 is 45.9 Å². The molecule has 8 atom stereocenters. The van der Waals surface area contributed by atoms with Gasteiger partial charge in [-0.3, -0.25) is 38.4 Å². The molecular formula is C96H112Cl8N8O8. The van der Waals surface area contributed by atoms with Gasteiger partial charge in [-0.2, -0.15) is 0 Å². The molecule has 640 valence electrons. The zero-order valence-electron chi connectivity index (χ0n) is 108. The number of hydrogen-bond donors (Lipinski definition) is 8. The zero-order valence-corrected chi connectivity index (χ0v) is 69.6. The number of halogens is 8. The van der Waals surface area contributed by atoms with Gasteiger partial charge in [0.1, 0.15) is 44.3 Å². The van der Waals surface area contributed by atoms with E-state index in [2.05, 4.69) is 0 Å². The first-order valence-electron chi connectivity index (χ1n) is 58.4. The summed E-state index contributed by atoms with van der Waals surface area (Å²) in [7, 11) is 0. The van der Waals surface area contributed by atoms with Crippen molar-refractivity contribution in [3.05, 3.63) is 279 Å². The van der Waals surface area contributed by atoms with Crippen LogP contribution in [0.4, 0.5) is 0 Å². The zero-order chi connectivity index (χ0) is 126. The average Bonchev–Trinajstić information content (AvgIpc) is 0.667. The van der Waals surface area contributed by atoms with Crippen LogP contribution < -0.4 is 45.9 Å². The van der Waals surface area contributed by atoms with Crippen molar-refractivity contribution in [1.82, 2.24) is 0 Å². The van der Waals surface area contributed by atoms with Crippen molar-refractivity contribution in [2.45, 2.75) is 249 Å². The largest absolute Gasteiger partial charge is 0.315 e. The minimum atomic E-state index is -3.43. The third-order valence-electron chi connectivity index (χ3n) is 19.1. The highest BCUT2D eigenvalue weighted by Crippen LogP contribution is 2.44. The Morgan fingerprint density at radius 1 is 0.225 bits per heavy atom. The van der Waals surface area contributed by atoms with Crippen LogP contribution in [-0.4, -0.2) is 46.3 Å². The molecular weight excluding hydrogens is 1680 g/mol. The van der Waals surface area contributed by atoms with Gasteiger partial charge in [-0.1, -0.05) is 290 Å².